The van der Waals surface area contributed by atoms with Gasteiger partial charge in [0, 0.05) is 19.1 Å². The van der Waals surface area contributed by atoms with Crippen LogP contribution in [0.2, 0.25) is 0 Å². The molecule has 2 heterocycles. The molecule has 1 aliphatic heterocycles. The molecule has 2 N–H and O–H groups in total. The van der Waals surface area contributed by atoms with E-state index in [9.17, 15) is 10.1 Å². The SMILES string of the molecule is O=[N+]([O-])c1cnc(NCC2COCCN2)nc1. The fourth-order valence-corrected chi connectivity index (χ4v) is 1.47. The van der Waals surface area contributed by atoms with Crippen LogP contribution in [0.3, 0.4) is 0 Å². The fourth-order valence-electron chi connectivity index (χ4n) is 1.47. The van der Waals surface area contributed by atoms with E-state index < -0.39 is 4.92 Å². The molecule has 0 aliphatic carbocycles. The van der Waals surface area contributed by atoms with E-state index in [1.165, 1.54) is 12.4 Å². The minimum Gasteiger partial charge on any atom is -0.378 e. The minimum atomic E-state index is -0.527. The number of aromatic nitrogens is 2. The molecule has 0 radical (unpaired) electrons. The van der Waals surface area contributed by atoms with Crippen LogP contribution in [0.1, 0.15) is 0 Å². The summed E-state index contributed by atoms with van der Waals surface area (Å²) in [6.45, 7) is 2.82. The van der Waals surface area contributed by atoms with E-state index in [2.05, 4.69) is 20.6 Å². The van der Waals surface area contributed by atoms with Crippen molar-refractivity contribution in [2.45, 2.75) is 6.04 Å². The summed E-state index contributed by atoms with van der Waals surface area (Å²) in [6, 6.07) is 0.211. The maximum absolute atomic E-state index is 10.4. The molecular weight excluding hydrogens is 226 g/mol. The third-order valence-electron chi connectivity index (χ3n) is 2.35. The molecule has 0 saturated carbocycles. The molecule has 1 atom stereocenters. The second-order valence-corrected chi connectivity index (χ2v) is 3.63. The van der Waals surface area contributed by atoms with Crippen LogP contribution in [-0.2, 0) is 4.74 Å². The third kappa shape index (κ3) is 3.33. The topological polar surface area (TPSA) is 102 Å². The van der Waals surface area contributed by atoms with Crippen molar-refractivity contribution in [3.63, 3.8) is 0 Å². The van der Waals surface area contributed by atoms with Crippen molar-refractivity contribution in [3.8, 4) is 0 Å². The molecule has 1 unspecified atom stereocenters. The Hall–Kier alpha value is -1.80. The lowest BCUT2D eigenvalue weighted by atomic mass is 10.3. The van der Waals surface area contributed by atoms with Gasteiger partial charge in [0.15, 0.2) is 0 Å². The van der Waals surface area contributed by atoms with Crippen molar-refractivity contribution in [1.82, 2.24) is 15.3 Å². The number of anilines is 1. The normalized spacial score (nSPS) is 19.9. The van der Waals surface area contributed by atoms with Crippen LogP contribution in [0.4, 0.5) is 11.6 Å². The van der Waals surface area contributed by atoms with Gasteiger partial charge in [0.2, 0.25) is 5.95 Å². The minimum absolute atomic E-state index is 0.116. The standard InChI is InChI=1S/C9H13N5O3/c15-14(16)8-4-12-9(13-5-8)11-3-7-6-17-2-1-10-7/h4-5,7,10H,1-3,6H2,(H,11,12,13). The number of hydrogen-bond donors (Lipinski definition) is 2. The van der Waals surface area contributed by atoms with E-state index in [0.29, 0.717) is 19.1 Å². The first-order valence-electron chi connectivity index (χ1n) is 5.27. The molecule has 1 aromatic heterocycles. The average Bonchev–Trinajstić information content (AvgIpc) is 2.38. The molecule has 17 heavy (non-hydrogen) atoms. The first-order valence-corrected chi connectivity index (χ1v) is 5.27. The first kappa shape index (κ1) is 11.7. The summed E-state index contributed by atoms with van der Waals surface area (Å²) >= 11 is 0. The first-order chi connectivity index (χ1) is 8.25. The Morgan fingerprint density at radius 2 is 2.35 bits per heavy atom. The lowest BCUT2D eigenvalue weighted by Gasteiger charge is -2.23. The Morgan fingerprint density at radius 3 is 2.94 bits per heavy atom. The van der Waals surface area contributed by atoms with Crippen molar-refractivity contribution < 1.29 is 9.66 Å². The largest absolute Gasteiger partial charge is 0.378 e. The Balaban J connectivity index is 1.84. The van der Waals surface area contributed by atoms with Gasteiger partial charge in [-0.2, -0.15) is 0 Å². The number of nitro groups is 1. The molecule has 1 saturated heterocycles. The summed E-state index contributed by atoms with van der Waals surface area (Å²) in [5.74, 6) is 0.378. The molecule has 0 aromatic carbocycles. The van der Waals surface area contributed by atoms with E-state index >= 15 is 0 Å². The molecule has 0 amide bonds. The Kier molecular flexibility index (Phi) is 3.78. The zero-order chi connectivity index (χ0) is 12.1. The molecular formula is C9H13N5O3. The van der Waals surface area contributed by atoms with Crippen LogP contribution in [0.15, 0.2) is 12.4 Å². The highest BCUT2D eigenvalue weighted by atomic mass is 16.6. The van der Waals surface area contributed by atoms with Crippen molar-refractivity contribution >= 4 is 11.6 Å². The lowest BCUT2D eigenvalue weighted by Crippen LogP contribution is -2.45. The molecule has 92 valence electrons. The highest BCUT2D eigenvalue weighted by Gasteiger charge is 2.13. The second-order valence-electron chi connectivity index (χ2n) is 3.63. The fraction of sp³-hybridized carbons (Fsp3) is 0.556. The summed E-state index contributed by atoms with van der Waals surface area (Å²) in [4.78, 5) is 17.6. The zero-order valence-electron chi connectivity index (χ0n) is 9.13. The van der Waals surface area contributed by atoms with Crippen LogP contribution in [0.25, 0.3) is 0 Å². The van der Waals surface area contributed by atoms with Gasteiger partial charge in [0.25, 0.3) is 0 Å². The molecule has 1 fully saturated rings. The predicted octanol–water partition coefficient (Wildman–Crippen LogP) is -0.215. The van der Waals surface area contributed by atoms with Gasteiger partial charge in [0.05, 0.1) is 18.1 Å². The van der Waals surface area contributed by atoms with Crippen LogP contribution >= 0.6 is 0 Å². The second kappa shape index (κ2) is 5.51. The highest BCUT2D eigenvalue weighted by molar-refractivity contribution is 5.30. The van der Waals surface area contributed by atoms with Crippen molar-refractivity contribution in [3.05, 3.63) is 22.5 Å². The van der Waals surface area contributed by atoms with Crippen LogP contribution in [0, 0.1) is 10.1 Å². The summed E-state index contributed by atoms with van der Waals surface area (Å²) in [6.07, 6.45) is 2.36. The van der Waals surface area contributed by atoms with Crippen molar-refractivity contribution in [2.75, 3.05) is 31.6 Å². The van der Waals surface area contributed by atoms with Crippen molar-refractivity contribution in [1.29, 1.82) is 0 Å². The van der Waals surface area contributed by atoms with Gasteiger partial charge in [-0.15, -0.1) is 0 Å². The van der Waals surface area contributed by atoms with Gasteiger partial charge in [-0.05, 0) is 0 Å². The van der Waals surface area contributed by atoms with Crippen LogP contribution in [-0.4, -0.2) is 47.2 Å². The molecule has 1 aliphatic rings. The van der Waals surface area contributed by atoms with Gasteiger partial charge in [-0.25, -0.2) is 9.97 Å². The molecule has 8 heteroatoms. The van der Waals surface area contributed by atoms with E-state index in [4.69, 9.17) is 4.74 Å². The van der Waals surface area contributed by atoms with E-state index in [-0.39, 0.29) is 11.7 Å². The van der Waals surface area contributed by atoms with E-state index in [1.807, 2.05) is 0 Å². The molecule has 8 nitrogen and oxygen atoms in total. The zero-order valence-corrected chi connectivity index (χ0v) is 9.13. The van der Waals surface area contributed by atoms with Crippen molar-refractivity contribution in [2.24, 2.45) is 0 Å². The van der Waals surface area contributed by atoms with Gasteiger partial charge < -0.3 is 15.4 Å². The Labute approximate surface area is 97.6 Å². The van der Waals surface area contributed by atoms with Crippen LogP contribution in [0.5, 0.6) is 0 Å². The quantitative estimate of drug-likeness (QED) is 0.553. The smallest absolute Gasteiger partial charge is 0.305 e. The van der Waals surface area contributed by atoms with E-state index in [0.717, 1.165) is 13.2 Å². The Morgan fingerprint density at radius 1 is 1.59 bits per heavy atom. The summed E-state index contributed by atoms with van der Waals surface area (Å²) in [5.41, 5.74) is -0.116. The number of ether oxygens (including phenoxy) is 1. The number of nitrogens with zero attached hydrogens (tertiary/aromatic N) is 3. The molecule has 0 spiro atoms. The van der Waals surface area contributed by atoms with Gasteiger partial charge in [-0.1, -0.05) is 0 Å². The third-order valence-corrected chi connectivity index (χ3v) is 2.35. The molecule has 2 rings (SSSR count). The summed E-state index contributed by atoms with van der Waals surface area (Å²) in [5, 5.41) is 16.7. The summed E-state index contributed by atoms with van der Waals surface area (Å²) in [7, 11) is 0. The Bertz CT molecular complexity index is 377. The lowest BCUT2D eigenvalue weighted by molar-refractivity contribution is -0.385. The number of morpholine rings is 1. The maximum Gasteiger partial charge on any atom is 0.305 e. The van der Waals surface area contributed by atoms with Gasteiger partial charge in [-0.3, -0.25) is 10.1 Å². The van der Waals surface area contributed by atoms with E-state index in [1.54, 1.807) is 0 Å². The van der Waals surface area contributed by atoms with Crippen LogP contribution < -0.4 is 10.6 Å². The number of hydrogen-bond acceptors (Lipinski definition) is 7. The highest BCUT2D eigenvalue weighted by Crippen LogP contribution is 2.08. The molecule has 0 bridgehead atoms. The number of rotatable bonds is 4. The molecule has 1 aromatic rings. The number of nitrogens with one attached hydrogen (secondary N) is 2. The average molecular weight is 239 g/mol. The maximum atomic E-state index is 10.4. The monoisotopic (exact) mass is 239 g/mol. The summed E-state index contributed by atoms with van der Waals surface area (Å²) < 4.78 is 5.29. The van der Waals surface area contributed by atoms with Gasteiger partial charge >= 0.3 is 5.69 Å². The van der Waals surface area contributed by atoms with Gasteiger partial charge in [0.1, 0.15) is 12.4 Å². The predicted molar refractivity (Wildman–Crippen MR) is 59.8 cm³/mol.